The molecule has 0 fully saturated rings. The van der Waals surface area contributed by atoms with E-state index in [9.17, 15) is 13.2 Å². The summed E-state index contributed by atoms with van der Waals surface area (Å²) in [4.78, 5) is 11.0. The zero-order valence-electron chi connectivity index (χ0n) is 10.3. The Bertz CT molecular complexity index is 395. The third-order valence-electron chi connectivity index (χ3n) is 1.92. The second kappa shape index (κ2) is 6.57. The lowest BCUT2D eigenvalue weighted by Crippen LogP contribution is -2.35. The number of sulfonamides is 1. The molecular weight excluding hydrogens is 244 g/mol. The molecule has 0 aliphatic rings. The van der Waals surface area contributed by atoms with E-state index in [0.717, 1.165) is 0 Å². The molecule has 1 N–H and O–H groups in total. The first kappa shape index (κ1) is 15.9. The van der Waals surface area contributed by atoms with Crippen LogP contribution < -0.4 is 4.72 Å². The number of ether oxygens (including phenoxy) is 1. The lowest BCUT2D eigenvalue weighted by molar-refractivity contribution is -0.142. The van der Waals surface area contributed by atoms with Crippen LogP contribution in [-0.2, 0) is 19.6 Å². The van der Waals surface area contributed by atoms with Crippen molar-refractivity contribution in [2.75, 3.05) is 18.9 Å². The number of nitrogens with one attached hydrogen (secondary N) is 1. The fourth-order valence-electron chi connectivity index (χ4n) is 0.853. The molecule has 0 aromatic carbocycles. The van der Waals surface area contributed by atoms with Crippen LogP contribution in [0.3, 0.4) is 0 Å². The number of carbonyl (C=O) groups is 1. The Balaban J connectivity index is 4.15. The molecule has 0 aromatic heterocycles. The van der Waals surface area contributed by atoms with E-state index in [-0.39, 0.29) is 25.3 Å². The number of rotatable bonds is 7. The summed E-state index contributed by atoms with van der Waals surface area (Å²) < 4.78 is 29.9. The molecule has 0 saturated carbocycles. The van der Waals surface area contributed by atoms with Crippen LogP contribution in [-0.4, -0.2) is 33.3 Å². The van der Waals surface area contributed by atoms with Gasteiger partial charge in [-0.05, 0) is 20.8 Å². The minimum absolute atomic E-state index is 0.0225. The van der Waals surface area contributed by atoms with Gasteiger partial charge >= 0.3 is 5.97 Å². The minimum atomic E-state index is -3.54. The van der Waals surface area contributed by atoms with Gasteiger partial charge in [-0.3, -0.25) is 4.79 Å². The van der Waals surface area contributed by atoms with Crippen molar-refractivity contribution in [3.63, 3.8) is 0 Å². The van der Waals surface area contributed by atoms with Gasteiger partial charge in [-0.1, -0.05) is 0 Å². The van der Waals surface area contributed by atoms with Gasteiger partial charge in [0.2, 0.25) is 10.0 Å². The summed E-state index contributed by atoms with van der Waals surface area (Å²) in [6, 6.07) is 1.98. The smallest absolute Gasteiger partial charge is 0.306 e. The van der Waals surface area contributed by atoms with Crippen LogP contribution in [0, 0.1) is 16.7 Å². The zero-order chi connectivity index (χ0) is 13.5. The lowest BCUT2D eigenvalue weighted by atomic mass is 9.97. The highest BCUT2D eigenvalue weighted by Gasteiger charge is 2.21. The third-order valence-corrected chi connectivity index (χ3v) is 3.24. The summed E-state index contributed by atoms with van der Waals surface area (Å²) in [5.41, 5.74) is -0.767. The van der Waals surface area contributed by atoms with Gasteiger partial charge < -0.3 is 4.74 Å². The van der Waals surface area contributed by atoms with Gasteiger partial charge in [-0.25, -0.2) is 13.1 Å². The number of hydrogen-bond donors (Lipinski definition) is 1. The van der Waals surface area contributed by atoms with Crippen molar-refractivity contribution in [1.29, 1.82) is 5.26 Å². The van der Waals surface area contributed by atoms with Gasteiger partial charge in [-0.15, -0.1) is 0 Å². The van der Waals surface area contributed by atoms with E-state index in [1.54, 1.807) is 20.8 Å². The Kier molecular flexibility index (Phi) is 6.13. The monoisotopic (exact) mass is 262 g/mol. The molecule has 0 bridgehead atoms. The molecule has 0 radical (unpaired) electrons. The molecule has 0 atom stereocenters. The van der Waals surface area contributed by atoms with Crippen molar-refractivity contribution >= 4 is 16.0 Å². The van der Waals surface area contributed by atoms with Gasteiger partial charge in [0.1, 0.15) is 0 Å². The first-order valence-corrected chi connectivity index (χ1v) is 6.92. The number of carbonyl (C=O) groups excluding carboxylic acids is 1. The average Bonchev–Trinajstić information content (AvgIpc) is 2.25. The predicted molar refractivity (Wildman–Crippen MR) is 62.4 cm³/mol. The van der Waals surface area contributed by atoms with Gasteiger partial charge in [0, 0.05) is 6.54 Å². The van der Waals surface area contributed by atoms with Crippen molar-refractivity contribution in [2.24, 2.45) is 5.41 Å². The van der Waals surface area contributed by atoms with Crippen molar-refractivity contribution in [3.05, 3.63) is 0 Å². The van der Waals surface area contributed by atoms with E-state index in [2.05, 4.69) is 9.46 Å². The minimum Gasteiger partial charge on any atom is -0.466 e. The zero-order valence-corrected chi connectivity index (χ0v) is 11.1. The normalized spacial score (nSPS) is 11.9. The maximum atomic E-state index is 11.5. The molecular formula is C10H18N2O4S. The summed E-state index contributed by atoms with van der Waals surface area (Å²) in [6.07, 6.45) is -0.184. The van der Waals surface area contributed by atoms with Crippen LogP contribution in [0.4, 0.5) is 0 Å². The molecule has 0 saturated heterocycles. The van der Waals surface area contributed by atoms with E-state index in [1.807, 2.05) is 6.07 Å². The van der Waals surface area contributed by atoms with Crippen LogP contribution in [0.5, 0.6) is 0 Å². The van der Waals surface area contributed by atoms with Crippen LogP contribution in [0.1, 0.15) is 27.2 Å². The molecule has 0 aromatic rings. The summed E-state index contributed by atoms with van der Waals surface area (Å²) in [5.74, 6) is -0.870. The molecule has 17 heavy (non-hydrogen) atoms. The maximum absolute atomic E-state index is 11.5. The van der Waals surface area contributed by atoms with Crippen molar-refractivity contribution in [1.82, 2.24) is 4.72 Å². The molecule has 0 spiro atoms. The van der Waals surface area contributed by atoms with Gasteiger partial charge in [0.25, 0.3) is 0 Å². The number of nitriles is 1. The number of nitrogens with zero attached hydrogens (tertiary/aromatic N) is 1. The Morgan fingerprint density at radius 2 is 2.06 bits per heavy atom. The van der Waals surface area contributed by atoms with Gasteiger partial charge in [0.15, 0.2) is 0 Å². The predicted octanol–water partition coefficient (Wildman–Crippen LogP) is 0.409. The van der Waals surface area contributed by atoms with E-state index in [4.69, 9.17) is 5.26 Å². The molecule has 6 nitrogen and oxygen atoms in total. The molecule has 0 aliphatic heterocycles. The molecule has 0 heterocycles. The average molecular weight is 262 g/mol. The highest BCUT2D eigenvalue weighted by molar-refractivity contribution is 7.89. The van der Waals surface area contributed by atoms with Gasteiger partial charge in [-0.2, -0.15) is 5.26 Å². The maximum Gasteiger partial charge on any atom is 0.306 e. The van der Waals surface area contributed by atoms with E-state index in [0.29, 0.717) is 0 Å². The van der Waals surface area contributed by atoms with Crippen molar-refractivity contribution < 1.29 is 17.9 Å². The SMILES string of the molecule is CCOC(=O)CCS(=O)(=O)NCC(C)(C)C#N. The Morgan fingerprint density at radius 1 is 1.47 bits per heavy atom. The second-order valence-corrected chi connectivity index (χ2v) is 6.12. The second-order valence-electron chi connectivity index (χ2n) is 4.19. The quantitative estimate of drug-likeness (QED) is 0.670. The number of esters is 1. The first-order chi connectivity index (χ1) is 7.72. The topological polar surface area (TPSA) is 96.3 Å². The molecule has 0 unspecified atom stereocenters. The molecule has 7 heteroatoms. The summed E-state index contributed by atoms with van der Waals surface area (Å²) >= 11 is 0. The fraction of sp³-hybridized carbons (Fsp3) is 0.800. The van der Waals surface area contributed by atoms with Gasteiger partial charge in [0.05, 0.1) is 30.3 Å². The third kappa shape index (κ3) is 7.71. The first-order valence-electron chi connectivity index (χ1n) is 5.26. The van der Waals surface area contributed by atoms with E-state index in [1.165, 1.54) is 0 Å². The number of hydrogen-bond acceptors (Lipinski definition) is 5. The standard InChI is InChI=1S/C10H18N2O4S/c1-4-16-9(13)5-6-17(14,15)12-8-10(2,3)7-11/h12H,4-6,8H2,1-3H3. The highest BCUT2D eigenvalue weighted by atomic mass is 32.2. The molecule has 98 valence electrons. The summed E-state index contributed by atoms with van der Waals surface area (Å²) in [5, 5.41) is 8.72. The molecule has 0 amide bonds. The Hall–Kier alpha value is -1.13. The largest absolute Gasteiger partial charge is 0.466 e. The molecule has 0 rings (SSSR count). The lowest BCUT2D eigenvalue weighted by Gasteiger charge is -2.15. The van der Waals surface area contributed by atoms with Crippen LogP contribution >= 0.6 is 0 Å². The summed E-state index contributed by atoms with van der Waals surface area (Å²) in [7, 11) is -3.54. The summed E-state index contributed by atoms with van der Waals surface area (Å²) in [6.45, 7) is 5.16. The van der Waals surface area contributed by atoms with Crippen LogP contribution in [0.15, 0.2) is 0 Å². The van der Waals surface area contributed by atoms with Crippen molar-refractivity contribution in [2.45, 2.75) is 27.2 Å². The molecule has 0 aliphatic carbocycles. The fourth-order valence-corrected chi connectivity index (χ4v) is 2.01. The van der Waals surface area contributed by atoms with E-state index < -0.39 is 21.4 Å². The Labute approximate surface area is 102 Å². The van der Waals surface area contributed by atoms with E-state index >= 15 is 0 Å². The van der Waals surface area contributed by atoms with Crippen molar-refractivity contribution in [3.8, 4) is 6.07 Å². The van der Waals surface area contributed by atoms with Crippen LogP contribution in [0.25, 0.3) is 0 Å². The Morgan fingerprint density at radius 3 is 2.53 bits per heavy atom. The van der Waals surface area contributed by atoms with Crippen LogP contribution in [0.2, 0.25) is 0 Å². The highest BCUT2D eigenvalue weighted by Crippen LogP contribution is 2.11.